The summed E-state index contributed by atoms with van der Waals surface area (Å²) in [6.45, 7) is 0. The molecule has 1 aliphatic carbocycles. The van der Waals surface area contributed by atoms with Crippen LogP contribution in [0.25, 0.3) is 23.1 Å². The van der Waals surface area contributed by atoms with Gasteiger partial charge in [-0.05, 0) is 65.9 Å². The van der Waals surface area contributed by atoms with Gasteiger partial charge in [0.2, 0.25) is 0 Å². The van der Waals surface area contributed by atoms with Gasteiger partial charge in [-0.2, -0.15) is 0 Å². The number of fused-ring (bicyclic) bond motifs is 3. The van der Waals surface area contributed by atoms with E-state index < -0.39 is 0 Å². The molecule has 1 aliphatic heterocycles. The van der Waals surface area contributed by atoms with E-state index in [4.69, 9.17) is 18.9 Å². The average molecular weight is 626 g/mol. The lowest BCUT2D eigenvalue weighted by Gasteiger charge is -2.31. The summed E-state index contributed by atoms with van der Waals surface area (Å²) in [6.07, 6.45) is 3.52. The highest BCUT2D eigenvalue weighted by molar-refractivity contribution is 9.10. The molecule has 7 rings (SSSR count). The third kappa shape index (κ3) is 4.47. The van der Waals surface area contributed by atoms with Crippen LogP contribution in [-0.2, 0) is 6.42 Å². The zero-order valence-corrected chi connectivity index (χ0v) is 24.8. The minimum atomic E-state index is -0.313. The molecule has 3 heterocycles. The van der Waals surface area contributed by atoms with Crippen LogP contribution in [0.5, 0.6) is 11.5 Å². The van der Waals surface area contributed by atoms with Crippen LogP contribution in [-0.4, -0.2) is 18.8 Å². The lowest BCUT2D eigenvalue weighted by Crippen LogP contribution is -2.38. The van der Waals surface area contributed by atoms with Gasteiger partial charge in [0, 0.05) is 21.7 Å². The summed E-state index contributed by atoms with van der Waals surface area (Å²) < 4.78 is 20.7. The van der Waals surface area contributed by atoms with E-state index in [9.17, 15) is 4.79 Å². The van der Waals surface area contributed by atoms with E-state index in [0.29, 0.717) is 26.6 Å². The largest absolute Gasteiger partial charge is 0.493 e. The quantitative estimate of drug-likeness (QED) is 0.228. The van der Waals surface area contributed by atoms with Gasteiger partial charge < -0.3 is 13.9 Å². The maximum Gasteiger partial charge on any atom is 0.271 e. The third-order valence-electron chi connectivity index (χ3n) is 7.63. The van der Waals surface area contributed by atoms with Crippen molar-refractivity contribution in [1.29, 1.82) is 0 Å². The normalized spacial score (nSPS) is 16.1. The van der Waals surface area contributed by atoms with Crippen LogP contribution >= 0.6 is 27.3 Å². The Morgan fingerprint density at radius 1 is 0.976 bits per heavy atom. The zero-order chi connectivity index (χ0) is 28.1. The Bertz CT molecular complexity index is 2020. The predicted molar refractivity (Wildman–Crippen MR) is 164 cm³/mol. The molecule has 2 aromatic heterocycles. The van der Waals surface area contributed by atoms with Crippen LogP contribution < -0.4 is 24.4 Å². The van der Waals surface area contributed by atoms with Crippen LogP contribution in [0.2, 0.25) is 0 Å². The van der Waals surface area contributed by atoms with Gasteiger partial charge in [-0.15, -0.1) is 0 Å². The molecule has 204 valence electrons. The van der Waals surface area contributed by atoms with Crippen LogP contribution in [0, 0.1) is 0 Å². The standard InChI is InChI=1S/C33H25BrN2O4S/c1-38-27-15-10-21(17-28(27)39-2)31-25-14-9-19-5-3-4-6-24(19)30(25)35-33-36(31)32(37)29(41-33)18-23-13-16-26(40-23)20-7-11-22(34)12-8-20/h3-8,10-13,15-18,31H,9,14H2,1-2H3/b29-18-. The van der Waals surface area contributed by atoms with E-state index in [0.717, 1.165) is 51.0 Å². The van der Waals surface area contributed by atoms with Crippen molar-refractivity contribution in [3.63, 3.8) is 0 Å². The molecule has 0 saturated heterocycles. The number of aryl methyl sites for hydroxylation is 1. The monoisotopic (exact) mass is 624 g/mol. The number of rotatable bonds is 5. The van der Waals surface area contributed by atoms with Crippen LogP contribution in [0.15, 0.2) is 103 Å². The number of hydrogen-bond donors (Lipinski definition) is 0. The van der Waals surface area contributed by atoms with Crippen molar-refractivity contribution in [2.45, 2.75) is 18.9 Å². The fourth-order valence-electron chi connectivity index (χ4n) is 5.67. The van der Waals surface area contributed by atoms with Gasteiger partial charge in [0.15, 0.2) is 16.3 Å². The number of nitrogens with zero attached hydrogens (tertiary/aromatic N) is 2. The van der Waals surface area contributed by atoms with Gasteiger partial charge in [-0.25, -0.2) is 4.99 Å². The lowest BCUT2D eigenvalue weighted by molar-refractivity contribution is 0.354. The number of hydrogen-bond acceptors (Lipinski definition) is 6. The Labute approximate surface area is 248 Å². The van der Waals surface area contributed by atoms with Crippen molar-refractivity contribution < 1.29 is 13.9 Å². The number of methoxy groups -OCH3 is 2. The van der Waals surface area contributed by atoms with Crippen molar-refractivity contribution in [3.8, 4) is 22.8 Å². The molecule has 0 radical (unpaired) electrons. The molecule has 2 aliphatic rings. The summed E-state index contributed by atoms with van der Waals surface area (Å²) in [6, 6.07) is 25.7. The molecule has 3 aromatic carbocycles. The first kappa shape index (κ1) is 25.8. The molecule has 0 saturated carbocycles. The fraction of sp³-hybridized carbons (Fsp3) is 0.152. The molecule has 0 fully saturated rings. The Morgan fingerprint density at radius 3 is 2.59 bits per heavy atom. The molecule has 1 atom stereocenters. The Hall–Kier alpha value is -4.14. The zero-order valence-electron chi connectivity index (χ0n) is 22.4. The number of thiazole rings is 1. The maximum absolute atomic E-state index is 14.1. The van der Waals surface area contributed by atoms with Crippen LogP contribution in [0.3, 0.4) is 0 Å². The summed E-state index contributed by atoms with van der Waals surface area (Å²) in [5, 5.41) is 0. The average Bonchev–Trinajstić information content (AvgIpc) is 3.60. The summed E-state index contributed by atoms with van der Waals surface area (Å²) in [4.78, 5) is 19.8. The molecule has 41 heavy (non-hydrogen) atoms. The minimum absolute atomic E-state index is 0.0967. The van der Waals surface area contributed by atoms with Crippen molar-refractivity contribution in [1.82, 2.24) is 4.57 Å². The first-order chi connectivity index (χ1) is 20.0. The second kappa shape index (κ2) is 10.4. The number of halogens is 1. The highest BCUT2D eigenvalue weighted by Gasteiger charge is 2.33. The van der Waals surface area contributed by atoms with Crippen LogP contribution in [0.1, 0.15) is 34.9 Å². The molecule has 5 aromatic rings. The summed E-state index contributed by atoms with van der Waals surface area (Å²) in [7, 11) is 3.25. The lowest BCUT2D eigenvalue weighted by atomic mass is 9.83. The molecular formula is C33H25BrN2O4S. The van der Waals surface area contributed by atoms with Gasteiger partial charge >= 0.3 is 0 Å². The van der Waals surface area contributed by atoms with Crippen molar-refractivity contribution in [2.75, 3.05) is 14.2 Å². The molecule has 0 amide bonds. The van der Waals surface area contributed by atoms with E-state index in [2.05, 4.69) is 34.1 Å². The number of ether oxygens (including phenoxy) is 2. The molecule has 8 heteroatoms. The molecule has 6 nitrogen and oxygen atoms in total. The fourth-order valence-corrected chi connectivity index (χ4v) is 6.92. The summed E-state index contributed by atoms with van der Waals surface area (Å²) >= 11 is 4.86. The van der Waals surface area contributed by atoms with E-state index >= 15 is 0 Å². The maximum atomic E-state index is 14.1. The molecule has 0 spiro atoms. The second-order valence-corrected chi connectivity index (χ2v) is 11.9. The number of allylic oxidation sites excluding steroid dienone is 1. The smallest absolute Gasteiger partial charge is 0.271 e. The number of furan rings is 1. The minimum Gasteiger partial charge on any atom is -0.493 e. The van der Waals surface area contributed by atoms with Gasteiger partial charge in [-0.1, -0.05) is 69.7 Å². The Morgan fingerprint density at radius 2 is 1.78 bits per heavy atom. The topological polar surface area (TPSA) is 66.0 Å². The molecule has 1 unspecified atom stereocenters. The number of aromatic nitrogens is 1. The molecular weight excluding hydrogens is 600 g/mol. The highest BCUT2D eigenvalue weighted by atomic mass is 79.9. The third-order valence-corrected chi connectivity index (χ3v) is 9.14. The summed E-state index contributed by atoms with van der Waals surface area (Å²) in [5.74, 6) is 2.63. The predicted octanol–water partition coefficient (Wildman–Crippen LogP) is 6.36. The van der Waals surface area contributed by atoms with Crippen molar-refractivity contribution >= 4 is 39.0 Å². The van der Waals surface area contributed by atoms with E-state index in [1.165, 1.54) is 16.9 Å². The van der Waals surface area contributed by atoms with Gasteiger partial charge in [0.25, 0.3) is 5.56 Å². The Balaban J connectivity index is 1.40. The molecule has 0 bridgehead atoms. The van der Waals surface area contributed by atoms with E-state index in [1.54, 1.807) is 14.2 Å². The SMILES string of the molecule is COc1ccc(C2C3=C(N=c4s/c(=C\c5ccc(-c6ccc(Br)cc6)o5)c(=O)n42)c2ccccc2CC3)cc1OC. The van der Waals surface area contributed by atoms with Gasteiger partial charge in [0.05, 0.1) is 30.5 Å². The number of benzene rings is 3. The van der Waals surface area contributed by atoms with Crippen molar-refractivity contribution in [2.24, 2.45) is 4.99 Å². The van der Waals surface area contributed by atoms with Gasteiger partial charge in [0.1, 0.15) is 11.5 Å². The molecule has 0 N–H and O–H groups in total. The van der Waals surface area contributed by atoms with Gasteiger partial charge in [-0.3, -0.25) is 9.36 Å². The van der Waals surface area contributed by atoms with Crippen LogP contribution in [0.4, 0.5) is 0 Å². The van der Waals surface area contributed by atoms with E-state index in [1.807, 2.05) is 71.3 Å². The highest BCUT2D eigenvalue weighted by Crippen LogP contribution is 2.42. The first-order valence-electron chi connectivity index (χ1n) is 13.2. The Kier molecular flexibility index (Phi) is 6.52. The second-order valence-electron chi connectivity index (χ2n) is 9.94. The van der Waals surface area contributed by atoms with E-state index in [-0.39, 0.29) is 11.6 Å². The first-order valence-corrected chi connectivity index (χ1v) is 14.9. The van der Waals surface area contributed by atoms with Crippen molar-refractivity contribution in [3.05, 3.63) is 131 Å². The summed E-state index contributed by atoms with van der Waals surface area (Å²) in [5.41, 5.74) is 6.31.